The minimum atomic E-state index is 0.426. The van der Waals surface area contributed by atoms with Gasteiger partial charge >= 0.3 is 0 Å². The maximum atomic E-state index is 5.53. The molecule has 3 heteroatoms. The molecular formula is C13H16N2O. The summed E-state index contributed by atoms with van der Waals surface area (Å²) in [6.07, 6.45) is 7.38. The highest BCUT2D eigenvalue weighted by Gasteiger charge is 2.14. The van der Waals surface area contributed by atoms with Crippen molar-refractivity contribution in [2.75, 3.05) is 0 Å². The predicted octanol–water partition coefficient (Wildman–Crippen LogP) is 3.64. The Morgan fingerprint density at radius 2 is 1.88 bits per heavy atom. The van der Waals surface area contributed by atoms with E-state index >= 15 is 0 Å². The molecule has 2 aromatic heterocycles. The van der Waals surface area contributed by atoms with Crippen LogP contribution in [0.2, 0.25) is 0 Å². The molecular weight excluding hydrogens is 200 g/mol. The van der Waals surface area contributed by atoms with Gasteiger partial charge in [0.15, 0.2) is 5.89 Å². The van der Waals surface area contributed by atoms with Gasteiger partial charge in [-0.25, -0.2) is 4.98 Å². The number of rotatable bonds is 4. The largest absolute Gasteiger partial charge is 0.448 e. The van der Waals surface area contributed by atoms with E-state index in [0.29, 0.717) is 5.92 Å². The molecule has 2 aromatic rings. The van der Waals surface area contributed by atoms with E-state index in [0.717, 1.165) is 30.0 Å². The van der Waals surface area contributed by atoms with Gasteiger partial charge in [0.1, 0.15) is 12.0 Å². The number of hydrogen-bond donors (Lipinski definition) is 0. The third kappa shape index (κ3) is 2.13. The van der Waals surface area contributed by atoms with E-state index in [2.05, 4.69) is 23.8 Å². The fourth-order valence-corrected chi connectivity index (χ4v) is 1.77. The summed E-state index contributed by atoms with van der Waals surface area (Å²) in [5.74, 6) is 1.27. The van der Waals surface area contributed by atoms with Gasteiger partial charge in [0.2, 0.25) is 0 Å². The summed E-state index contributed by atoms with van der Waals surface area (Å²) in [7, 11) is 0. The molecule has 0 radical (unpaired) electrons. The number of oxazole rings is 1. The summed E-state index contributed by atoms with van der Waals surface area (Å²) in [6.45, 7) is 4.31. The van der Waals surface area contributed by atoms with Crippen LogP contribution in [0.4, 0.5) is 0 Å². The third-order valence-electron chi connectivity index (χ3n) is 2.83. The van der Waals surface area contributed by atoms with E-state index in [1.165, 1.54) is 0 Å². The van der Waals surface area contributed by atoms with Crippen molar-refractivity contribution in [2.45, 2.75) is 32.6 Å². The Morgan fingerprint density at radius 1 is 1.19 bits per heavy atom. The van der Waals surface area contributed by atoms with Crippen molar-refractivity contribution in [3.63, 3.8) is 0 Å². The molecule has 0 atom stereocenters. The minimum Gasteiger partial charge on any atom is -0.448 e. The lowest BCUT2D eigenvalue weighted by Gasteiger charge is -2.05. The highest BCUT2D eigenvalue weighted by molar-refractivity contribution is 5.56. The fraction of sp³-hybridized carbons (Fsp3) is 0.385. The highest BCUT2D eigenvalue weighted by atomic mass is 16.3. The number of aromatic nitrogens is 2. The maximum absolute atomic E-state index is 5.53. The zero-order chi connectivity index (χ0) is 11.4. The van der Waals surface area contributed by atoms with Gasteiger partial charge in [-0.3, -0.25) is 4.98 Å². The van der Waals surface area contributed by atoms with E-state index in [1.54, 1.807) is 18.7 Å². The molecule has 0 aliphatic rings. The molecule has 0 bridgehead atoms. The van der Waals surface area contributed by atoms with Crippen LogP contribution >= 0.6 is 0 Å². The van der Waals surface area contributed by atoms with E-state index in [9.17, 15) is 0 Å². The van der Waals surface area contributed by atoms with Crippen molar-refractivity contribution in [3.8, 4) is 11.3 Å². The first kappa shape index (κ1) is 10.9. The second-order valence-corrected chi connectivity index (χ2v) is 3.82. The molecule has 0 N–H and O–H groups in total. The number of hydrogen-bond acceptors (Lipinski definition) is 3. The Labute approximate surface area is 95.5 Å². The molecule has 0 amide bonds. The first-order valence-electron chi connectivity index (χ1n) is 5.71. The Hall–Kier alpha value is -1.64. The minimum absolute atomic E-state index is 0.426. The van der Waals surface area contributed by atoms with Gasteiger partial charge in [0, 0.05) is 23.9 Å². The van der Waals surface area contributed by atoms with Crippen LogP contribution in [-0.4, -0.2) is 9.97 Å². The molecule has 2 heterocycles. The van der Waals surface area contributed by atoms with Crippen molar-refractivity contribution in [1.29, 1.82) is 0 Å². The topological polar surface area (TPSA) is 38.9 Å². The normalized spacial score (nSPS) is 10.9. The lowest BCUT2D eigenvalue weighted by molar-refractivity contribution is 0.431. The fourth-order valence-electron chi connectivity index (χ4n) is 1.77. The van der Waals surface area contributed by atoms with E-state index in [1.807, 2.05) is 12.1 Å². The van der Waals surface area contributed by atoms with Crippen molar-refractivity contribution in [2.24, 2.45) is 0 Å². The van der Waals surface area contributed by atoms with Gasteiger partial charge in [-0.2, -0.15) is 0 Å². The summed E-state index contributed by atoms with van der Waals surface area (Å²) in [5, 5.41) is 0. The van der Waals surface area contributed by atoms with E-state index in [-0.39, 0.29) is 0 Å². The summed E-state index contributed by atoms with van der Waals surface area (Å²) >= 11 is 0. The molecule has 0 fully saturated rings. The number of nitrogens with zero attached hydrogens (tertiary/aromatic N) is 2. The predicted molar refractivity (Wildman–Crippen MR) is 63.1 cm³/mol. The Bertz CT molecular complexity index is 432. The summed E-state index contributed by atoms with van der Waals surface area (Å²) in [6, 6.07) is 3.88. The van der Waals surface area contributed by atoms with Crippen LogP contribution in [-0.2, 0) is 0 Å². The molecule has 84 valence electrons. The molecule has 0 unspecified atom stereocenters. The van der Waals surface area contributed by atoms with Crippen molar-refractivity contribution in [3.05, 3.63) is 36.7 Å². The Balaban J connectivity index is 2.26. The van der Waals surface area contributed by atoms with E-state index in [4.69, 9.17) is 4.42 Å². The van der Waals surface area contributed by atoms with Crippen LogP contribution in [0.25, 0.3) is 11.3 Å². The molecule has 0 spiro atoms. The lowest BCUT2D eigenvalue weighted by Crippen LogP contribution is -1.95. The second-order valence-electron chi connectivity index (χ2n) is 3.82. The third-order valence-corrected chi connectivity index (χ3v) is 2.83. The smallest absolute Gasteiger partial charge is 0.197 e. The van der Waals surface area contributed by atoms with Crippen molar-refractivity contribution < 1.29 is 4.42 Å². The SMILES string of the molecule is CCC(CC)c1nc(-c2ccncc2)co1. The zero-order valence-electron chi connectivity index (χ0n) is 9.68. The van der Waals surface area contributed by atoms with Gasteiger partial charge in [-0.05, 0) is 25.0 Å². The number of pyridine rings is 1. The first-order chi connectivity index (χ1) is 7.85. The zero-order valence-corrected chi connectivity index (χ0v) is 9.68. The van der Waals surface area contributed by atoms with Gasteiger partial charge in [0.25, 0.3) is 0 Å². The molecule has 3 nitrogen and oxygen atoms in total. The molecule has 0 aromatic carbocycles. The van der Waals surface area contributed by atoms with Crippen LogP contribution in [0.1, 0.15) is 38.5 Å². The quantitative estimate of drug-likeness (QED) is 0.783. The summed E-state index contributed by atoms with van der Waals surface area (Å²) in [4.78, 5) is 8.51. The average Bonchev–Trinajstić information content (AvgIpc) is 2.81. The summed E-state index contributed by atoms with van der Waals surface area (Å²) in [5.41, 5.74) is 1.94. The van der Waals surface area contributed by atoms with Crippen LogP contribution in [0, 0.1) is 0 Å². The van der Waals surface area contributed by atoms with Crippen LogP contribution < -0.4 is 0 Å². The average molecular weight is 216 g/mol. The molecule has 0 saturated carbocycles. The molecule has 0 aliphatic carbocycles. The Kier molecular flexibility index (Phi) is 3.34. The summed E-state index contributed by atoms with van der Waals surface area (Å²) < 4.78 is 5.53. The molecule has 16 heavy (non-hydrogen) atoms. The van der Waals surface area contributed by atoms with Gasteiger partial charge in [-0.15, -0.1) is 0 Å². The molecule has 0 saturated heterocycles. The van der Waals surface area contributed by atoms with E-state index < -0.39 is 0 Å². The Morgan fingerprint density at radius 3 is 2.50 bits per heavy atom. The van der Waals surface area contributed by atoms with Crippen molar-refractivity contribution in [1.82, 2.24) is 9.97 Å². The molecule has 0 aliphatic heterocycles. The highest BCUT2D eigenvalue weighted by Crippen LogP contribution is 2.25. The van der Waals surface area contributed by atoms with Crippen molar-refractivity contribution >= 4 is 0 Å². The first-order valence-corrected chi connectivity index (χ1v) is 5.71. The van der Waals surface area contributed by atoms with Crippen LogP contribution in [0.15, 0.2) is 35.2 Å². The van der Waals surface area contributed by atoms with Gasteiger partial charge < -0.3 is 4.42 Å². The van der Waals surface area contributed by atoms with Crippen LogP contribution in [0.3, 0.4) is 0 Å². The lowest BCUT2D eigenvalue weighted by atomic mass is 10.0. The van der Waals surface area contributed by atoms with Crippen LogP contribution in [0.5, 0.6) is 0 Å². The van der Waals surface area contributed by atoms with Gasteiger partial charge in [-0.1, -0.05) is 13.8 Å². The maximum Gasteiger partial charge on any atom is 0.197 e. The molecule has 2 rings (SSSR count). The monoisotopic (exact) mass is 216 g/mol. The second kappa shape index (κ2) is 4.92. The standard InChI is InChI=1S/C13H16N2O/c1-3-10(4-2)13-15-12(9-16-13)11-5-7-14-8-6-11/h5-10H,3-4H2,1-2H3. The van der Waals surface area contributed by atoms with Gasteiger partial charge in [0.05, 0.1) is 0 Å².